The van der Waals surface area contributed by atoms with Crippen molar-refractivity contribution in [2.45, 2.75) is 6.54 Å². The molecule has 0 radical (unpaired) electrons. The minimum absolute atomic E-state index is 0.00908. The van der Waals surface area contributed by atoms with Gasteiger partial charge in [0.1, 0.15) is 0 Å². The van der Waals surface area contributed by atoms with Gasteiger partial charge in [0, 0.05) is 26.7 Å². The number of likely N-dealkylation sites (tertiary alicyclic amines) is 1. The molecular formula is C15H18N2O3. The fraction of sp³-hybridized carbons (Fsp3) is 0.467. The molecule has 1 aromatic rings. The van der Waals surface area contributed by atoms with Crippen molar-refractivity contribution in [1.29, 1.82) is 0 Å². The van der Waals surface area contributed by atoms with Crippen molar-refractivity contribution >= 4 is 12.0 Å². The lowest BCUT2D eigenvalue weighted by Crippen LogP contribution is -2.41. The number of carboxylic acid groups (broad SMARTS) is 1. The fourth-order valence-corrected chi connectivity index (χ4v) is 3.22. The number of hydrogen-bond acceptors (Lipinski definition) is 2. The van der Waals surface area contributed by atoms with Gasteiger partial charge in [0.25, 0.3) is 0 Å². The number of hydrogen-bond donors (Lipinski definition) is 1. The molecule has 2 aliphatic rings. The van der Waals surface area contributed by atoms with Crippen LogP contribution in [-0.4, -0.2) is 47.0 Å². The summed E-state index contributed by atoms with van der Waals surface area (Å²) in [5.41, 5.74) is 1.09. The Labute approximate surface area is 117 Å². The molecule has 1 aliphatic carbocycles. The van der Waals surface area contributed by atoms with E-state index in [0.717, 1.165) is 5.56 Å². The largest absolute Gasteiger partial charge is 0.481 e. The first-order valence-corrected chi connectivity index (χ1v) is 6.84. The molecule has 0 bridgehead atoms. The summed E-state index contributed by atoms with van der Waals surface area (Å²) in [6.07, 6.45) is 0. The molecule has 1 unspecified atom stereocenters. The molecule has 5 heteroatoms. The van der Waals surface area contributed by atoms with Crippen molar-refractivity contribution in [3.8, 4) is 0 Å². The fourth-order valence-electron chi connectivity index (χ4n) is 3.22. The molecule has 1 N–H and O–H groups in total. The summed E-state index contributed by atoms with van der Waals surface area (Å²) in [6.45, 7) is 1.74. The summed E-state index contributed by atoms with van der Waals surface area (Å²) in [5, 5.41) is 8.97. The zero-order valence-electron chi connectivity index (χ0n) is 11.4. The van der Waals surface area contributed by atoms with Gasteiger partial charge in [-0.1, -0.05) is 30.3 Å². The molecule has 2 amide bonds. The highest BCUT2D eigenvalue weighted by molar-refractivity contribution is 5.78. The number of rotatable bonds is 3. The first-order valence-electron chi connectivity index (χ1n) is 6.84. The SMILES string of the molecule is CN(Cc1ccccc1)C(=O)N1C[C@@H]2C(C(=O)O)[C@@H]2C1. The highest BCUT2D eigenvalue weighted by atomic mass is 16.4. The van der Waals surface area contributed by atoms with Crippen LogP contribution in [0.15, 0.2) is 30.3 Å². The Bertz CT molecular complexity index is 519. The minimum atomic E-state index is -0.718. The van der Waals surface area contributed by atoms with Crippen LogP contribution in [0.25, 0.3) is 0 Å². The summed E-state index contributed by atoms with van der Waals surface area (Å²) >= 11 is 0. The van der Waals surface area contributed by atoms with Gasteiger partial charge in [-0.25, -0.2) is 4.79 Å². The van der Waals surface area contributed by atoms with Crippen LogP contribution in [0, 0.1) is 17.8 Å². The second-order valence-electron chi connectivity index (χ2n) is 5.72. The van der Waals surface area contributed by atoms with E-state index in [9.17, 15) is 9.59 Å². The van der Waals surface area contributed by atoms with Gasteiger partial charge in [0.2, 0.25) is 0 Å². The topological polar surface area (TPSA) is 60.9 Å². The van der Waals surface area contributed by atoms with Crippen molar-refractivity contribution in [2.24, 2.45) is 17.8 Å². The number of amides is 2. The molecule has 1 saturated carbocycles. The summed E-state index contributed by atoms with van der Waals surface area (Å²) in [4.78, 5) is 26.7. The highest BCUT2D eigenvalue weighted by Crippen LogP contribution is 2.51. The number of carbonyl (C=O) groups excluding carboxylic acids is 1. The van der Waals surface area contributed by atoms with Crippen LogP contribution in [0.2, 0.25) is 0 Å². The Morgan fingerprint density at radius 2 is 1.85 bits per heavy atom. The first kappa shape index (κ1) is 13.0. The average molecular weight is 274 g/mol. The predicted octanol–water partition coefficient (Wildman–Crippen LogP) is 1.50. The van der Waals surface area contributed by atoms with Crippen LogP contribution in [0.1, 0.15) is 5.56 Å². The molecule has 20 heavy (non-hydrogen) atoms. The van der Waals surface area contributed by atoms with E-state index in [1.807, 2.05) is 30.3 Å². The zero-order chi connectivity index (χ0) is 14.3. The Kier molecular flexibility index (Phi) is 3.12. The third-order valence-corrected chi connectivity index (χ3v) is 4.34. The number of fused-ring (bicyclic) bond motifs is 1. The van der Waals surface area contributed by atoms with Crippen LogP contribution >= 0.6 is 0 Å². The first-order chi connectivity index (χ1) is 9.58. The predicted molar refractivity (Wildman–Crippen MR) is 73.0 cm³/mol. The Morgan fingerprint density at radius 3 is 2.40 bits per heavy atom. The van der Waals surface area contributed by atoms with E-state index in [0.29, 0.717) is 19.6 Å². The number of urea groups is 1. The molecular weight excluding hydrogens is 256 g/mol. The minimum Gasteiger partial charge on any atom is -0.481 e. The van der Waals surface area contributed by atoms with E-state index in [2.05, 4.69) is 0 Å². The number of nitrogens with zero attached hydrogens (tertiary/aromatic N) is 2. The van der Waals surface area contributed by atoms with Crippen molar-refractivity contribution in [3.63, 3.8) is 0 Å². The normalized spacial score (nSPS) is 27.1. The van der Waals surface area contributed by atoms with Crippen molar-refractivity contribution < 1.29 is 14.7 Å². The van der Waals surface area contributed by atoms with Gasteiger partial charge in [-0.05, 0) is 17.4 Å². The third kappa shape index (κ3) is 2.24. The van der Waals surface area contributed by atoms with E-state index in [1.54, 1.807) is 16.8 Å². The van der Waals surface area contributed by atoms with E-state index in [4.69, 9.17) is 5.11 Å². The van der Waals surface area contributed by atoms with Gasteiger partial charge >= 0.3 is 12.0 Å². The maximum Gasteiger partial charge on any atom is 0.320 e. The van der Waals surface area contributed by atoms with Gasteiger partial charge < -0.3 is 14.9 Å². The summed E-state index contributed by atoms with van der Waals surface area (Å²) < 4.78 is 0. The van der Waals surface area contributed by atoms with Crippen LogP contribution in [0.4, 0.5) is 4.79 Å². The second kappa shape index (κ2) is 4.81. The van der Waals surface area contributed by atoms with Gasteiger partial charge in [-0.15, -0.1) is 0 Å². The van der Waals surface area contributed by atoms with E-state index in [-0.39, 0.29) is 23.8 Å². The Morgan fingerprint density at radius 1 is 1.25 bits per heavy atom. The van der Waals surface area contributed by atoms with Gasteiger partial charge in [0.05, 0.1) is 5.92 Å². The second-order valence-corrected chi connectivity index (χ2v) is 5.72. The standard InChI is InChI=1S/C15H18N2O3/c1-16(7-10-5-3-2-4-6-10)15(20)17-8-11-12(9-17)13(11)14(18)19/h2-6,11-13H,7-9H2,1H3,(H,18,19)/t11-,12+,13?. The van der Waals surface area contributed by atoms with Gasteiger partial charge in [-0.3, -0.25) is 4.79 Å². The number of carboxylic acids is 1. The van der Waals surface area contributed by atoms with Crippen molar-refractivity contribution in [2.75, 3.05) is 20.1 Å². The molecule has 1 aliphatic heterocycles. The molecule has 1 aromatic carbocycles. The smallest absolute Gasteiger partial charge is 0.320 e. The molecule has 1 saturated heterocycles. The van der Waals surface area contributed by atoms with Crippen LogP contribution in [-0.2, 0) is 11.3 Å². The summed E-state index contributed by atoms with van der Waals surface area (Å²) in [5.74, 6) is -0.605. The van der Waals surface area contributed by atoms with Gasteiger partial charge in [-0.2, -0.15) is 0 Å². The maximum atomic E-state index is 12.3. The van der Waals surface area contributed by atoms with E-state index < -0.39 is 5.97 Å². The van der Waals surface area contributed by atoms with Crippen molar-refractivity contribution in [1.82, 2.24) is 9.80 Å². The van der Waals surface area contributed by atoms with E-state index in [1.165, 1.54) is 0 Å². The van der Waals surface area contributed by atoms with Crippen LogP contribution < -0.4 is 0 Å². The third-order valence-electron chi connectivity index (χ3n) is 4.34. The monoisotopic (exact) mass is 274 g/mol. The average Bonchev–Trinajstić information content (AvgIpc) is 2.95. The lowest BCUT2D eigenvalue weighted by atomic mass is 10.2. The zero-order valence-corrected chi connectivity index (χ0v) is 11.4. The molecule has 0 spiro atoms. The molecule has 5 nitrogen and oxygen atoms in total. The van der Waals surface area contributed by atoms with Crippen molar-refractivity contribution in [3.05, 3.63) is 35.9 Å². The van der Waals surface area contributed by atoms with E-state index >= 15 is 0 Å². The Hall–Kier alpha value is -2.04. The molecule has 1 heterocycles. The van der Waals surface area contributed by atoms with Crippen LogP contribution in [0.3, 0.4) is 0 Å². The Balaban J connectivity index is 1.55. The molecule has 2 fully saturated rings. The maximum absolute atomic E-state index is 12.3. The molecule has 3 rings (SSSR count). The number of aliphatic carboxylic acids is 1. The molecule has 0 aromatic heterocycles. The summed E-state index contributed by atoms with van der Waals surface area (Å²) in [7, 11) is 1.79. The summed E-state index contributed by atoms with van der Waals surface area (Å²) in [6, 6.07) is 9.83. The van der Waals surface area contributed by atoms with Gasteiger partial charge in [0.15, 0.2) is 0 Å². The number of carbonyl (C=O) groups is 2. The molecule has 3 atom stereocenters. The number of piperidine rings is 1. The quantitative estimate of drug-likeness (QED) is 0.908. The highest BCUT2D eigenvalue weighted by Gasteiger charge is 2.60. The van der Waals surface area contributed by atoms with Crippen LogP contribution in [0.5, 0.6) is 0 Å². The number of benzene rings is 1. The lowest BCUT2D eigenvalue weighted by molar-refractivity contribution is -0.139. The lowest BCUT2D eigenvalue weighted by Gasteiger charge is -2.26. The molecule has 106 valence electrons.